The van der Waals surface area contributed by atoms with Crippen LogP contribution in [0.2, 0.25) is 0 Å². The standard InChI is InChI=1S/C17H16N5O14P3S/c18-21-20-9-3-1-8(2-4-9)10(23)7-40-12-5-22(17(27)19-15(12)26)16-14(25)13(24)11(34-16)6-33-38(30)36-39(31,32)35-37(28)29/h1-5,11,13-14,16,24-25H,6-7H2,(H-2,19,26,27,28,29,31,32)/p+2/t11-,13-,14-,16-/m1/s1. The Labute approximate surface area is 227 Å². The third-order valence-corrected chi connectivity index (χ3v) is 9.05. The molecule has 1 saturated heterocycles. The minimum atomic E-state index is -5.23. The van der Waals surface area contributed by atoms with E-state index in [2.05, 4.69) is 23.2 Å². The molecule has 1 aliphatic rings. The molecule has 1 fully saturated rings. The Bertz CT molecular complexity index is 1510. The summed E-state index contributed by atoms with van der Waals surface area (Å²) < 4.78 is 52.0. The highest BCUT2D eigenvalue weighted by Crippen LogP contribution is 2.57. The highest BCUT2D eigenvalue weighted by molar-refractivity contribution is 8.00. The fourth-order valence-corrected chi connectivity index (χ4v) is 6.24. The number of phosphoric acid groups is 1. The molecule has 0 radical (unpaired) electrons. The Morgan fingerprint density at radius 1 is 1.23 bits per heavy atom. The highest BCUT2D eigenvalue weighted by Gasteiger charge is 2.48. The first-order chi connectivity index (χ1) is 18.8. The molecule has 214 valence electrons. The van der Waals surface area contributed by atoms with E-state index in [4.69, 9.17) is 20.1 Å². The lowest BCUT2D eigenvalue weighted by molar-refractivity contribution is -0.0520. The minimum absolute atomic E-state index is 0.124. The van der Waals surface area contributed by atoms with Crippen LogP contribution in [0.4, 0.5) is 5.69 Å². The van der Waals surface area contributed by atoms with E-state index in [1.165, 1.54) is 24.3 Å². The van der Waals surface area contributed by atoms with Crippen molar-refractivity contribution >= 4 is 47.6 Å². The van der Waals surface area contributed by atoms with Gasteiger partial charge in [0.1, 0.15) is 24.9 Å². The molecule has 2 heterocycles. The average molecular weight is 641 g/mol. The number of nitrogens with one attached hydrogen (secondary N) is 1. The average Bonchev–Trinajstić information content (AvgIpc) is 3.15. The first-order valence-corrected chi connectivity index (χ1v) is 15.2. The zero-order valence-corrected chi connectivity index (χ0v) is 23.0. The smallest absolute Gasteiger partial charge is 0.387 e. The molecule has 1 aliphatic heterocycles. The maximum absolute atomic E-state index is 12.5. The SMILES string of the molecule is [N-]=[N+]=Nc1ccc(C(=O)CSc2cn([C@@H]3O[C@H](CO[P+](=O)OP(=O)(O)O[P+](=O)O)[C@@H](O)[C@H]3O)c(=O)[nH]c2=O)cc1. The van der Waals surface area contributed by atoms with Gasteiger partial charge >= 0.3 is 30.0 Å². The van der Waals surface area contributed by atoms with Crippen LogP contribution in [0.25, 0.3) is 10.4 Å². The van der Waals surface area contributed by atoms with Gasteiger partial charge in [0.05, 0.1) is 10.6 Å². The van der Waals surface area contributed by atoms with Gasteiger partial charge in [-0.15, -0.1) is 21.2 Å². The monoisotopic (exact) mass is 641 g/mol. The third-order valence-electron chi connectivity index (χ3n) is 4.94. The number of ketones is 1. The number of aliphatic hydroxyl groups excluding tert-OH is 2. The summed E-state index contributed by atoms with van der Waals surface area (Å²) in [7, 11) is -12.2. The third kappa shape index (κ3) is 8.42. The van der Waals surface area contributed by atoms with Gasteiger partial charge in [-0.1, -0.05) is 29.4 Å². The fourth-order valence-electron chi connectivity index (χ4n) is 3.19. The van der Waals surface area contributed by atoms with Crippen LogP contribution in [0.1, 0.15) is 16.6 Å². The van der Waals surface area contributed by atoms with E-state index in [0.29, 0.717) is 0 Å². The molecule has 0 bridgehead atoms. The number of aromatic nitrogens is 2. The van der Waals surface area contributed by atoms with Gasteiger partial charge in [0, 0.05) is 40.1 Å². The largest absolute Gasteiger partial charge is 0.708 e. The second-order valence-electron chi connectivity index (χ2n) is 7.54. The molecule has 2 aromatic rings. The van der Waals surface area contributed by atoms with Crippen molar-refractivity contribution in [3.63, 3.8) is 0 Å². The molecule has 1 aromatic heterocycles. The first kappa shape index (κ1) is 31.9. The Hall–Kier alpha value is -2.66. The molecule has 40 heavy (non-hydrogen) atoms. The van der Waals surface area contributed by atoms with Gasteiger partial charge in [-0.25, -0.2) is 9.36 Å². The van der Waals surface area contributed by atoms with Crippen molar-refractivity contribution in [3.8, 4) is 0 Å². The molecule has 0 spiro atoms. The van der Waals surface area contributed by atoms with Crippen molar-refractivity contribution < 1.29 is 56.4 Å². The summed E-state index contributed by atoms with van der Waals surface area (Å²) in [4.78, 5) is 59.3. The van der Waals surface area contributed by atoms with Crippen molar-refractivity contribution in [2.45, 2.75) is 29.4 Å². The van der Waals surface area contributed by atoms with E-state index >= 15 is 0 Å². The molecular weight excluding hydrogens is 623 g/mol. The zero-order chi connectivity index (χ0) is 29.6. The first-order valence-electron chi connectivity index (χ1n) is 10.5. The Kier molecular flexibility index (Phi) is 11.0. The van der Waals surface area contributed by atoms with Crippen molar-refractivity contribution in [2.75, 3.05) is 12.4 Å². The van der Waals surface area contributed by atoms with Gasteiger partial charge in [0.25, 0.3) is 5.56 Å². The van der Waals surface area contributed by atoms with Crippen LogP contribution >= 0.6 is 36.1 Å². The number of aliphatic hydroxyl groups is 2. The number of ether oxygens (including phenoxy) is 1. The molecule has 5 N–H and O–H groups in total. The number of hydrogen-bond donors (Lipinski definition) is 5. The van der Waals surface area contributed by atoms with Crippen LogP contribution in [0.15, 0.2) is 50.1 Å². The van der Waals surface area contributed by atoms with Gasteiger partial charge in [-0.05, 0) is 5.53 Å². The lowest BCUT2D eigenvalue weighted by Crippen LogP contribution is -2.38. The van der Waals surface area contributed by atoms with E-state index in [1.54, 1.807) is 0 Å². The quantitative estimate of drug-likeness (QED) is 0.0517. The van der Waals surface area contributed by atoms with Crippen molar-refractivity contribution in [1.29, 1.82) is 0 Å². The lowest BCUT2D eigenvalue weighted by atomic mass is 10.1. The Balaban J connectivity index is 1.67. The van der Waals surface area contributed by atoms with Crippen molar-refractivity contribution in [1.82, 2.24) is 9.55 Å². The number of azide groups is 1. The number of benzene rings is 1. The van der Waals surface area contributed by atoms with Crippen LogP contribution in [0.5, 0.6) is 0 Å². The van der Waals surface area contributed by atoms with Gasteiger partial charge < -0.3 is 14.9 Å². The number of nitrogens with zero attached hydrogens (tertiary/aromatic N) is 4. The molecular formula is C17H18N5O14P3S+2. The summed E-state index contributed by atoms with van der Waals surface area (Å²) in [6.45, 7) is -0.818. The number of carbonyl (C=O) groups excluding carboxylic acids is 1. The number of hydrogen-bond acceptors (Lipinski definition) is 14. The predicted molar refractivity (Wildman–Crippen MR) is 133 cm³/mol. The minimum Gasteiger partial charge on any atom is -0.387 e. The second-order valence-corrected chi connectivity index (χ2v) is 12.0. The number of aromatic amines is 1. The summed E-state index contributed by atoms with van der Waals surface area (Å²) in [6.07, 6.45) is -5.60. The summed E-state index contributed by atoms with van der Waals surface area (Å²) in [6, 6.07) is 5.68. The molecule has 1 aromatic carbocycles. The van der Waals surface area contributed by atoms with E-state index in [1.807, 2.05) is 4.98 Å². The van der Waals surface area contributed by atoms with Crippen LogP contribution in [0.3, 0.4) is 0 Å². The number of thioether (sulfide) groups is 1. The van der Waals surface area contributed by atoms with E-state index < -0.39 is 72.5 Å². The molecule has 0 saturated carbocycles. The highest BCUT2D eigenvalue weighted by atomic mass is 32.2. The van der Waals surface area contributed by atoms with E-state index in [9.17, 15) is 38.3 Å². The van der Waals surface area contributed by atoms with Crippen LogP contribution < -0.4 is 11.2 Å². The van der Waals surface area contributed by atoms with Crippen LogP contribution in [-0.2, 0) is 31.6 Å². The predicted octanol–water partition coefficient (Wildman–Crippen LogP) is 1.53. The van der Waals surface area contributed by atoms with Crippen molar-refractivity contribution in [3.05, 3.63) is 67.3 Å². The summed E-state index contributed by atoms with van der Waals surface area (Å²) in [5.41, 5.74) is 7.10. The number of rotatable bonds is 13. The molecule has 7 atom stereocenters. The molecule has 19 nitrogen and oxygen atoms in total. The van der Waals surface area contributed by atoms with Crippen LogP contribution in [0, 0.1) is 0 Å². The number of carbonyl (C=O) groups is 1. The Morgan fingerprint density at radius 2 is 1.90 bits per heavy atom. The maximum Gasteiger partial charge on any atom is 0.708 e. The topological polar surface area (TPSA) is 290 Å². The second kappa shape index (κ2) is 13.8. The van der Waals surface area contributed by atoms with Gasteiger partial charge in [0.15, 0.2) is 12.0 Å². The Morgan fingerprint density at radius 3 is 2.52 bits per heavy atom. The zero-order valence-electron chi connectivity index (χ0n) is 19.5. The van der Waals surface area contributed by atoms with E-state index in [0.717, 1.165) is 22.5 Å². The maximum atomic E-state index is 12.5. The van der Waals surface area contributed by atoms with Gasteiger partial charge in [-0.2, -0.15) is 0 Å². The van der Waals surface area contributed by atoms with Crippen LogP contribution in [-0.4, -0.2) is 66.0 Å². The lowest BCUT2D eigenvalue weighted by Gasteiger charge is -2.17. The molecule has 0 amide bonds. The summed E-state index contributed by atoms with van der Waals surface area (Å²) >= 11 is 0.757. The van der Waals surface area contributed by atoms with Crippen molar-refractivity contribution in [2.24, 2.45) is 5.11 Å². The number of H-pyrrole nitrogens is 1. The molecule has 3 rings (SSSR count). The van der Waals surface area contributed by atoms with E-state index in [-0.39, 0.29) is 21.9 Å². The molecule has 23 heteroatoms. The summed E-state index contributed by atoms with van der Waals surface area (Å²) in [5, 5.41) is 24.1. The molecule has 3 unspecified atom stereocenters. The molecule has 0 aliphatic carbocycles. The van der Waals surface area contributed by atoms with Gasteiger partial charge in [-0.3, -0.25) is 24.0 Å². The number of Topliss-reactive ketones (excluding diaryl/α,β-unsaturated/α-hetero) is 1. The van der Waals surface area contributed by atoms with Gasteiger partial charge in [0.2, 0.25) is 0 Å². The normalized spacial score (nSPS) is 22.7. The fraction of sp³-hybridized carbons (Fsp3) is 0.353. The summed E-state index contributed by atoms with van der Waals surface area (Å²) in [5.74, 6) is -0.648.